The van der Waals surface area contributed by atoms with Crippen LogP contribution in [0.3, 0.4) is 0 Å². The topological polar surface area (TPSA) is 101 Å². The van der Waals surface area contributed by atoms with E-state index in [1.165, 1.54) is 0 Å². The summed E-state index contributed by atoms with van der Waals surface area (Å²) in [5.41, 5.74) is 4.18. The van der Waals surface area contributed by atoms with E-state index in [-0.39, 0.29) is 22.9 Å². The van der Waals surface area contributed by atoms with Crippen molar-refractivity contribution >= 4 is 32.8 Å². The van der Waals surface area contributed by atoms with E-state index in [9.17, 15) is 9.59 Å². The van der Waals surface area contributed by atoms with E-state index in [0.717, 1.165) is 36.1 Å². The van der Waals surface area contributed by atoms with Gasteiger partial charge in [-0.2, -0.15) is 0 Å². The van der Waals surface area contributed by atoms with Crippen molar-refractivity contribution in [2.24, 2.45) is 0 Å². The summed E-state index contributed by atoms with van der Waals surface area (Å²) in [5, 5.41) is 4.94. The first-order chi connectivity index (χ1) is 19.0. The number of para-hydroxylation sites is 2. The molecule has 6 aromatic rings. The largest absolute Gasteiger partial charge is 0.487 e. The molecule has 2 N–H and O–H groups in total. The summed E-state index contributed by atoms with van der Waals surface area (Å²) >= 11 is 0. The highest BCUT2D eigenvalue weighted by Gasteiger charge is 2.31. The summed E-state index contributed by atoms with van der Waals surface area (Å²) in [6, 6.07) is 20.0. The highest BCUT2D eigenvalue weighted by atomic mass is 16.5. The summed E-state index contributed by atoms with van der Waals surface area (Å²) in [4.78, 5) is 37.0. The molecule has 0 aliphatic carbocycles. The van der Waals surface area contributed by atoms with Crippen LogP contribution in [0, 0.1) is 0 Å². The first kappa shape index (κ1) is 22.4. The first-order valence-corrected chi connectivity index (χ1v) is 13.3. The van der Waals surface area contributed by atoms with Crippen LogP contribution in [0.1, 0.15) is 13.3 Å². The van der Waals surface area contributed by atoms with E-state index in [1.807, 2.05) is 36.5 Å². The predicted octanol–water partition coefficient (Wildman–Crippen LogP) is 4.03. The number of fused-ring (bicyclic) bond motifs is 6. The molecular formula is C30H26N6O3. The highest BCUT2D eigenvalue weighted by Crippen LogP contribution is 2.33. The van der Waals surface area contributed by atoms with Crippen LogP contribution in [0.2, 0.25) is 0 Å². The number of aromatic amines is 2. The molecular weight excluding hydrogens is 492 g/mol. The molecule has 39 heavy (non-hydrogen) atoms. The summed E-state index contributed by atoms with van der Waals surface area (Å²) in [5.74, 6) is 0.632. The lowest BCUT2D eigenvalue weighted by Gasteiger charge is -2.21. The molecule has 2 aliphatic rings. The molecule has 194 valence electrons. The summed E-state index contributed by atoms with van der Waals surface area (Å²) in [6.07, 6.45) is 2.85. The number of ether oxygens (including phenoxy) is 1. The number of rotatable bonds is 1. The van der Waals surface area contributed by atoms with Crippen molar-refractivity contribution in [1.82, 2.24) is 29.2 Å². The smallest absolute Gasteiger partial charge is 0.275 e. The van der Waals surface area contributed by atoms with Gasteiger partial charge in [0.15, 0.2) is 0 Å². The standard InChI is InChI=1S/C30H26N6O3/c1-17-13-20-16-34(17)11-12-36-30(38)22-7-4-6-21(26(22)33-36)27-29(37)31-23-14-19(15-25(39-20)28(23)32-27)35-10-9-18-5-2-3-8-24(18)35/h2-10,14-15,17,20,33H,11-13,16H2,1H3,(H,31,37)/t17-,20?/m1/s1. The normalized spacial score (nSPS) is 20.7. The summed E-state index contributed by atoms with van der Waals surface area (Å²) < 4.78 is 10.4. The van der Waals surface area contributed by atoms with E-state index in [0.29, 0.717) is 45.8 Å². The van der Waals surface area contributed by atoms with Crippen LogP contribution in [0.5, 0.6) is 5.75 Å². The van der Waals surface area contributed by atoms with Gasteiger partial charge in [0.2, 0.25) is 0 Å². The van der Waals surface area contributed by atoms with Gasteiger partial charge in [-0.05, 0) is 36.6 Å². The van der Waals surface area contributed by atoms with Crippen LogP contribution >= 0.6 is 0 Å². The van der Waals surface area contributed by atoms with Crippen molar-refractivity contribution in [3.05, 3.63) is 87.6 Å². The number of nitrogens with zero attached hydrogens (tertiary/aromatic N) is 4. The maximum Gasteiger partial charge on any atom is 0.275 e. The third kappa shape index (κ3) is 3.39. The Bertz CT molecular complexity index is 2050. The second-order valence-electron chi connectivity index (χ2n) is 10.6. The lowest BCUT2D eigenvalue weighted by atomic mass is 10.1. The van der Waals surface area contributed by atoms with Gasteiger partial charge in [-0.1, -0.05) is 30.3 Å². The van der Waals surface area contributed by atoms with Gasteiger partial charge < -0.3 is 14.3 Å². The molecule has 2 unspecified atom stereocenters. The SMILES string of the molecule is C[C@@H]1CC2CN1CCn1[nH]c3c(cccc3c1=O)-c1nc3c(cc(-n4ccc5ccccc54)cc3[nH]c1=O)O2. The first-order valence-electron chi connectivity index (χ1n) is 13.3. The molecule has 2 aliphatic heterocycles. The number of H-pyrrole nitrogens is 2. The molecule has 3 aromatic carbocycles. The van der Waals surface area contributed by atoms with Crippen LogP contribution in [-0.4, -0.2) is 54.5 Å². The Balaban J connectivity index is 1.41. The fraction of sp³-hybridized carbons (Fsp3) is 0.233. The average molecular weight is 519 g/mol. The van der Waals surface area contributed by atoms with Gasteiger partial charge in [-0.3, -0.25) is 24.3 Å². The van der Waals surface area contributed by atoms with Crippen LogP contribution in [0.15, 0.2) is 76.4 Å². The molecule has 1 saturated heterocycles. The maximum atomic E-state index is 13.5. The van der Waals surface area contributed by atoms with Gasteiger partial charge in [0, 0.05) is 43.4 Å². The Labute approximate surface area is 222 Å². The van der Waals surface area contributed by atoms with Crippen molar-refractivity contribution in [3.8, 4) is 22.7 Å². The predicted molar refractivity (Wildman–Crippen MR) is 151 cm³/mol. The van der Waals surface area contributed by atoms with E-state index < -0.39 is 0 Å². The van der Waals surface area contributed by atoms with Crippen molar-refractivity contribution in [1.29, 1.82) is 0 Å². The fourth-order valence-corrected chi connectivity index (χ4v) is 6.26. The average Bonchev–Trinajstić information content (AvgIpc) is 3.61. The lowest BCUT2D eigenvalue weighted by Crippen LogP contribution is -2.33. The molecule has 0 amide bonds. The molecule has 0 spiro atoms. The van der Waals surface area contributed by atoms with Crippen LogP contribution < -0.4 is 15.9 Å². The second kappa shape index (κ2) is 8.18. The Morgan fingerprint density at radius 1 is 1.03 bits per heavy atom. The number of nitrogens with one attached hydrogen (secondary N) is 2. The number of aromatic nitrogens is 5. The Hall–Kier alpha value is -4.63. The summed E-state index contributed by atoms with van der Waals surface area (Å²) in [6.45, 7) is 4.18. The molecule has 1 fully saturated rings. The zero-order valence-electron chi connectivity index (χ0n) is 21.3. The molecule has 8 rings (SSSR count). The monoisotopic (exact) mass is 518 g/mol. The van der Waals surface area contributed by atoms with E-state index in [1.54, 1.807) is 16.8 Å². The Kier molecular flexibility index (Phi) is 4.69. The Morgan fingerprint density at radius 2 is 1.92 bits per heavy atom. The van der Waals surface area contributed by atoms with Crippen molar-refractivity contribution < 1.29 is 4.74 Å². The van der Waals surface area contributed by atoms with Gasteiger partial charge in [0.25, 0.3) is 11.1 Å². The van der Waals surface area contributed by atoms with E-state index >= 15 is 0 Å². The number of hydrogen-bond donors (Lipinski definition) is 2. The van der Waals surface area contributed by atoms with E-state index in [2.05, 4.69) is 44.7 Å². The minimum atomic E-state index is -0.322. The quantitative estimate of drug-likeness (QED) is 0.342. The molecule has 9 nitrogen and oxygen atoms in total. The zero-order valence-corrected chi connectivity index (χ0v) is 21.3. The van der Waals surface area contributed by atoms with Crippen LogP contribution in [0.25, 0.3) is 49.8 Å². The lowest BCUT2D eigenvalue weighted by molar-refractivity contribution is 0.195. The molecule has 0 radical (unpaired) electrons. The van der Waals surface area contributed by atoms with Gasteiger partial charge in [-0.15, -0.1) is 0 Å². The van der Waals surface area contributed by atoms with E-state index in [4.69, 9.17) is 9.72 Å². The molecule has 3 atom stereocenters. The molecule has 3 aromatic heterocycles. The van der Waals surface area contributed by atoms with Crippen LogP contribution in [-0.2, 0) is 6.54 Å². The molecule has 5 heterocycles. The Morgan fingerprint density at radius 3 is 2.85 bits per heavy atom. The van der Waals surface area contributed by atoms with Gasteiger partial charge in [0.1, 0.15) is 23.1 Å². The third-order valence-corrected chi connectivity index (χ3v) is 8.24. The minimum absolute atomic E-state index is 0.0428. The van der Waals surface area contributed by atoms with Gasteiger partial charge >= 0.3 is 0 Å². The maximum absolute atomic E-state index is 13.5. The molecule has 6 bridgehead atoms. The molecule has 9 heteroatoms. The van der Waals surface area contributed by atoms with Gasteiger partial charge in [-0.25, -0.2) is 4.98 Å². The van der Waals surface area contributed by atoms with Gasteiger partial charge in [0.05, 0.1) is 34.2 Å². The fourth-order valence-electron chi connectivity index (χ4n) is 6.26. The van der Waals surface area contributed by atoms with Crippen LogP contribution in [0.4, 0.5) is 0 Å². The third-order valence-electron chi connectivity index (χ3n) is 8.24. The van der Waals surface area contributed by atoms with Crippen molar-refractivity contribution in [2.75, 3.05) is 13.1 Å². The minimum Gasteiger partial charge on any atom is -0.487 e. The van der Waals surface area contributed by atoms with Crippen molar-refractivity contribution in [2.45, 2.75) is 32.0 Å². The number of hydrogen-bond acceptors (Lipinski definition) is 5. The summed E-state index contributed by atoms with van der Waals surface area (Å²) in [7, 11) is 0. The molecule has 0 saturated carbocycles. The number of benzene rings is 3. The second-order valence-corrected chi connectivity index (χ2v) is 10.6. The zero-order chi connectivity index (χ0) is 26.2. The van der Waals surface area contributed by atoms with Crippen molar-refractivity contribution in [3.63, 3.8) is 0 Å². The highest BCUT2D eigenvalue weighted by molar-refractivity contribution is 5.94.